The van der Waals surface area contributed by atoms with Crippen LogP contribution in [0.2, 0.25) is 0 Å². The summed E-state index contributed by atoms with van der Waals surface area (Å²) in [5.41, 5.74) is 1.12. The van der Waals surface area contributed by atoms with Gasteiger partial charge in [-0.25, -0.2) is 0 Å². The van der Waals surface area contributed by atoms with Gasteiger partial charge in [-0.05, 0) is 30.3 Å². The molecule has 8 nitrogen and oxygen atoms in total. The van der Waals surface area contributed by atoms with Crippen LogP contribution in [-0.2, 0) is 10.0 Å². The summed E-state index contributed by atoms with van der Waals surface area (Å²) >= 11 is 0. The van der Waals surface area contributed by atoms with Crippen molar-refractivity contribution in [3.63, 3.8) is 0 Å². The summed E-state index contributed by atoms with van der Waals surface area (Å²) in [6.45, 7) is 0. The lowest BCUT2D eigenvalue weighted by atomic mass is 10.2. The first kappa shape index (κ1) is 12.4. The van der Waals surface area contributed by atoms with Gasteiger partial charge in [0, 0.05) is 11.3 Å². The van der Waals surface area contributed by atoms with E-state index >= 15 is 0 Å². The number of H-pyrrole nitrogens is 1. The van der Waals surface area contributed by atoms with Gasteiger partial charge in [-0.1, -0.05) is 0 Å². The van der Waals surface area contributed by atoms with Crippen LogP contribution >= 0.6 is 0 Å². The Bertz CT molecular complexity index is 779. The average Bonchev–Trinajstić information content (AvgIpc) is 3.13. The Balaban J connectivity index is 1.83. The third-order valence-electron chi connectivity index (χ3n) is 2.51. The fourth-order valence-corrected chi connectivity index (χ4v) is 2.55. The molecule has 3 rings (SSSR count). The molecule has 0 fully saturated rings. The van der Waals surface area contributed by atoms with Gasteiger partial charge in [0.05, 0.1) is 6.20 Å². The summed E-state index contributed by atoms with van der Waals surface area (Å²) < 4.78 is 31.4. The van der Waals surface area contributed by atoms with Crippen LogP contribution in [0.4, 0.5) is 5.69 Å². The van der Waals surface area contributed by atoms with Crippen molar-refractivity contribution in [2.75, 3.05) is 4.72 Å². The normalized spacial score (nSPS) is 11.4. The first-order valence-corrected chi connectivity index (χ1v) is 7.02. The molecule has 3 aromatic rings. The fraction of sp³-hybridized carbons (Fsp3) is 0. The lowest BCUT2D eigenvalue weighted by molar-refractivity contribution is 0.568. The van der Waals surface area contributed by atoms with E-state index in [9.17, 15) is 8.42 Å². The van der Waals surface area contributed by atoms with E-state index < -0.39 is 10.0 Å². The molecular formula is C11H9N5O3S. The third-order valence-corrected chi connectivity index (χ3v) is 3.82. The van der Waals surface area contributed by atoms with Gasteiger partial charge in [0.1, 0.15) is 0 Å². The highest BCUT2D eigenvalue weighted by atomic mass is 32.2. The van der Waals surface area contributed by atoms with Crippen molar-refractivity contribution in [3.8, 4) is 11.5 Å². The maximum absolute atomic E-state index is 12.0. The molecular weight excluding hydrogens is 282 g/mol. The second kappa shape index (κ2) is 4.78. The standard InChI is InChI=1S/C11H9N5O3S/c17-20(18,10-5-6-12-14-10)16-9-3-1-8(2-4-9)11-15-13-7-19-11/h1-7,16H,(H,12,14). The van der Waals surface area contributed by atoms with E-state index in [4.69, 9.17) is 4.42 Å². The average molecular weight is 291 g/mol. The van der Waals surface area contributed by atoms with E-state index in [-0.39, 0.29) is 5.03 Å². The molecule has 2 heterocycles. The first-order chi connectivity index (χ1) is 9.65. The smallest absolute Gasteiger partial charge is 0.278 e. The summed E-state index contributed by atoms with van der Waals surface area (Å²) in [7, 11) is -3.66. The Morgan fingerprint density at radius 3 is 2.55 bits per heavy atom. The number of rotatable bonds is 4. The number of aromatic amines is 1. The Morgan fingerprint density at radius 2 is 1.95 bits per heavy atom. The van der Waals surface area contributed by atoms with E-state index in [0.717, 1.165) is 0 Å². The topological polar surface area (TPSA) is 114 Å². The third kappa shape index (κ3) is 2.38. The molecule has 0 aliphatic carbocycles. The summed E-state index contributed by atoms with van der Waals surface area (Å²) in [4.78, 5) is 0. The van der Waals surface area contributed by atoms with Gasteiger partial charge in [-0.15, -0.1) is 10.2 Å². The van der Waals surface area contributed by atoms with E-state index in [1.165, 1.54) is 18.7 Å². The van der Waals surface area contributed by atoms with Gasteiger partial charge < -0.3 is 4.42 Å². The number of anilines is 1. The minimum Gasteiger partial charge on any atom is -0.423 e. The number of aromatic nitrogens is 4. The highest BCUT2D eigenvalue weighted by Crippen LogP contribution is 2.20. The maximum atomic E-state index is 12.0. The van der Waals surface area contributed by atoms with Crippen LogP contribution in [0.3, 0.4) is 0 Å². The number of nitrogens with one attached hydrogen (secondary N) is 2. The van der Waals surface area contributed by atoms with Crippen LogP contribution in [0, 0.1) is 0 Å². The molecule has 1 aromatic carbocycles. The molecule has 0 aliphatic rings. The van der Waals surface area contributed by atoms with Gasteiger partial charge >= 0.3 is 0 Å². The highest BCUT2D eigenvalue weighted by molar-refractivity contribution is 7.92. The number of hydrogen-bond donors (Lipinski definition) is 2. The molecule has 0 saturated heterocycles. The molecule has 0 spiro atoms. The van der Waals surface area contributed by atoms with Crippen LogP contribution in [0.25, 0.3) is 11.5 Å². The predicted molar refractivity (Wildman–Crippen MR) is 69.1 cm³/mol. The number of benzene rings is 1. The zero-order chi connectivity index (χ0) is 14.0. The Hall–Kier alpha value is -2.68. The predicted octanol–water partition coefficient (Wildman–Crippen LogP) is 1.26. The molecule has 2 aromatic heterocycles. The largest absolute Gasteiger partial charge is 0.423 e. The molecule has 0 amide bonds. The maximum Gasteiger partial charge on any atom is 0.278 e. The van der Waals surface area contributed by atoms with E-state index in [2.05, 4.69) is 25.1 Å². The minimum atomic E-state index is -3.66. The van der Waals surface area contributed by atoms with Crippen LogP contribution in [0.1, 0.15) is 0 Å². The van der Waals surface area contributed by atoms with E-state index in [1.54, 1.807) is 24.3 Å². The first-order valence-electron chi connectivity index (χ1n) is 5.54. The summed E-state index contributed by atoms with van der Waals surface area (Å²) in [5.74, 6) is 0.368. The molecule has 0 atom stereocenters. The van der Waals surface area contributed by atoms with Gasteiger partial charge in [0.15, 0.2) is 5.03 Å². The number of nitrogens with zero attached hydrogens (tertiary/aromatic N) is 3. The Morgan fingerprint density at radius 1 is 1.15 bits per heavy atom. The van der Waals surface area contributed by atoms with Gasteiger partial charge in [0.25, 0.3) is 10.0 Å². The summed E-state index contributed by atoms with van der Waals surface area (Å²) in [6, 6.07) is 7.94. The van der Waals surface area contributed by atoms with Crippen LogP contribution in [0.5, 0.6) is 0 Å². The zero-order valence-electron chi connectivity index (χ0n) is 10.0. The lowest BCUT2D eigenvalue weighted by Crippen LogP contribution is -2.13. The second-order valence-electron chi connectivity index (χ2n) is 3.85. The molecule has 9 heteroatoms. The number of sulfonamides is 1. The van der Waals surface area contributed by atoms with Crippen molar-refractivity contribution in [2.45, 2.75) is 5.03 Å². The van der Waals surface area contributed by atoms with Crippen LogP contribution in [0.15, 0.2) is 52.4 Å². The molecule has 0 radical (unpaired) electrons. The number of hydrogen-bond acceptors (Lipinski definition) is 6. The highest BCUT2D eigenvalue weighted by Gasteiger charge is 2.15. The van der Waals surface area contributed by atoms with Crippen molar-refractivity contribution >= 4 is 15.7 Å². The second-order valence-corrected chi connectivity index (χ2v) is 5.50. The fourth-order valence-electron chi connectivity index (χ4n) is 1.58. The quantitative estimate of drug-likeness (QED) is 0.748. The van der Waals surface area contributed by atoms with Crippen molar-refractivity contribution in [1.29, 1.82) is 0 Å². The van der Waals surface area contributed by atoms with Crippen molar-refractivity contribution in [1.82, 2.24) is 20.4 Å². The SMILES string of the molecule is O=S(=O)(Nc1ccc(-c2nnco2)cc1)c1ccn[nH]1. The van der Waals surface area contributed by atoms with Gasteiger partial charge in [-0.3, -0.25) is 9.82 Å². The lowest BCUT2D eigenvalue weighted by Gasteiger charge is -2.06. The molecule has 0 bridgehead atoms. The molecule has 0 aliphatic heterocycles. The molecule has 102 valence electrons. The minimum absolute atomic E-state index is 0.00141. The van der Waals surface area contributed by atoms with Crippen LogP contribution in [-0.4, -0.2) is 28.8 Å². The summed E-state index contributed by atoms with van der Waals surface area (Å²) in [5, 5.41) is 13.3. The van der Waals surface area contributed by atoms with E-state index in [1.807, 2.05) is 0 Å². The molecule has 0 saturated carbocycles. The van der Waals surface area contributed by atoms with Crippen molar-refractivity contribution in [2.24, 2.45) is 0 Å². The molecule has 20 heavy (non-hydrogen) atoms. The molecule has 0 unspecified atom stereocenters. The zero-order valence-corrected chi connectivity index (χ0v) is 10.8. The Labute approximate surface area is 113 Å². The molecule has 2 N–H and O–H groups in total. The Kier molecular flexibility index (Phi) is 2.95. The van der Waals surface area contributed by atoms with E-state index in [0.29, 0.717) is 17.1 Å². The van der Waals surface area contributed by atoms with Crippen LogP contribution < -0.4 is 4.72 Å². The van der Waals surface area contributed by atoms with Crippen molar-refractivity contribution < 1.29 is 12.8 Å². The monoisotopic (exact) mass is 291 g/mol. The van der Waals surface area contributed by atoms with Gasteiger partial charge in [-0.2, -0.15) is 13.5 Å². The van der Waals surface area contributed by atoms with Crippen molar-refractivity contribution in [3.05, 3.63) is 42.9 Å². The van der Waals surface area contributed by atoms with Gasteiger partial charge in [0.2, 0.25) is 12.3 Å². The summed E-state index contributed by atoms with van der Waals surface area (Å²) in [6.07, 6.45) is 2.59.